The van der Waals surface area contributed by atoms with Crippen molar-refractivity contribution < 1.29 is 9.90 Å². The van der Waals surface area contributed by atoms with E-state index in [2.05, 4.69) is 24.1 Å². The van der Waals surface area contributed by atoms with Crippen LogP contribution in [-0.2, 0) is 4.79 Å². The number of rotatable bonds is 3. The molecule has 4 heteroatoms. The van der Waals surface area contributed by atoms with Gasteiger partial charge in [-0.05, 0) is 24.7 Å². The summed E-state index contributed by atoms with van der Waals surface area (Å²) < 4.78 is 0. The van der Waals surface area contributed by atoms with Gasteiger partial charge in [-0.25, -0.2) is 0 Å². The van der Waals surface area contributed by atoms with E-state index < -0.39 is 5.97 Å². The number of nitrogens with one attached hydrogen (secondary N) is 1. The normalized spacial score (nSPS) is 36.1. The summed E-state index contributed by atoms with van der Waals surface area (Å²) in [6.07, 6.45) is 2.36. The molecular weight excluding hydrogens is 204 g/mol. The first-order valence-electron chi connectivity index (χ1n) is 6.29. The van der Waals surface area contributed by atoms with Gasteiger partial charge in [0.1, 0.15) is 6.04 Å². The monoisotopic (exact) mass is 226 g/mol. The van der Waals surface area contributed by atoms with Gasteiger partial charge in [0.25, 0.3) is 0 Å². The molecule has 0 aromatic heterocycles. The second-order valence-electron chi connectivity index (χ2n) is 5.43. The highest BCUT2D eigenvalue weighted by atomic mass is 16.4. The topological polar surface area (TPSA) is 52.6 Å². The van der Waals surface area contributed by atoms with Gasteiger partial charge in [0, 0.05) is 25.7 Å². The summed E-state index contributed by atoms with van der Waals surface area (Å²) in [5.74, 6) is 0.858. The van der Waals surface area contributed by atoms with Crippen molar-refractivity contribution >= 4 is 5.97 Å². The van der Waals surface area contributed by atoms with Crippen LogP contribution >= 0.6 is 0 Å². The number of carbonyl (C=O) groups is 1. The molecule has 2 aliphatic rings. The zero-order chi connectivity index (χ0) is 11.7. The quantitative estimate of drug-likeness (QED) is 0.746. The lowest BCUT2D eigenvalue weighted by atomic mass is 9.72. The van der Waals surface area contributed by atoms with Gasteiger partial charge in [0.15, 0.2) is 0 Å². The lowest BCUT2D eigenvalue weighted by molar-refractivity contribution is -0.146. The van der Waals surface area contributed by atoms with Crippen molar-refractivity contribution in [3.05, 3.63) is 0 Å². The van der Waals surface area contributed by atoms with Gasteiger partial charge in [-0.3, -0.25) is 9.69 Å². The van der Waals surface area contributed by atoms with Crippen LogP contribution in [0.15, 0.2) is 0 Å². The second kappa shape index (κ2) is 4.72. The molecule has 2 fully saturated rings. The first-order valence-corrected chi connectivity index (χ1v) is 6.29. The molecule has 2 N–H and O–H groups in total. The van der Waals surface area contributed by atoms with E-state index in [0.29, 0.717) is 12.6 Å². The van der Waals surface area contributed by atoms with E-state index in [1.165, 1.54) is 12.8 Å². The number of hydrogen-bond donors (Lipinski definition) is 2. The van der Waals surface area contributed by atoms with E-state index in [0.717, 1.165) is 24.9 Å². The largest absolute Gasteiger partial charge is 0.480 e. The number of carboxylic acid groups (broad SMARTS) is 1. The molecule has 1 saturated carbocycles. The van der Waals surface area contributed by atoms with Gasteiger partial charge in [0.05, 0.1) is 0 Å². The van der Waals surface area contributed by atoms with Crippen molar-refractivity contribution in [2.75, 3.05) is 19.6 Å². The zero-order valence-electron chi connectivity index (χ0n) is 10.1. The maximum absolute atomic E-state index is 11.1. The molecule has 0 bridgehead atoms. The Labute approximate surface area is 97.0 Å². The average Bonchev–Trinajstić information content (AvgIpc) is 2.15. The van der Waals surface area contributed by atoms with E-state index in [4.69, 9.17) is 0 Å². The molecule has 92 valence electrons. The zero-order valence-corrected chi connectivity index (χ0v) is 10.1. The van der Waals surface area contributed by atoms with Crippen LogP contribution in [0.2, 0.25) is 0 Å². The smallest absolute Gasteiger partial charge is 0.322 e. The third-order valence-electron chi connectivity index (χ3n) is 4.13. The maximum Gasteiger partial charge on any atom is 0.322 e. The van der Waals surface area contributed by atoms with Crippen molar-refractivity contribution in [3.8, 4) is 0 Å². The molecule has 0 radical (unpaired) electrons. The Bertz CT molecular complexity index is 262. The second-order valence-corrected chi connectivity index (χ2v) is 5.43. The minimum absolute atomic E-state index is 0.313. The summed E-state index contributed by atoms with van der Waals surface area (Å²) in [4.78, 5) is 13.3. The minimum atomic E-state index is -0.680. The summed E-state index contributed by atoms with van der Waals surface area (Å²) in [5.41, 5.74) is 0. The van der Waals surface area contributed by atoms with Crippen molar-refractivity contribution in [2.45, 2.75) is 38.8 Å². The molecule has 1 heterocycles. The van der Waals surface area contributed by atoms with Crippen LogP contribution in [-0.4, -0.2) is 47.7 Å². The number of hydrogen-bond acceptors (Lipinski definition) is 3. The van der Waals surface area contributed by atoms with Crippen molar-refractivity contribution in [1.29, 1.82) is 0 Å². The fraction of sp³-hybridized carbons (Fsp3) is 0.917. The molecule has 1 unspecified atom stereocenters. The molecule has 1 aliphatic heterocycles. The average molecular weight is 226 g/mol. The minimum Gasteiger partial charge on any atom is -0.480 e. The number of carboxylic acids is 1. The summed E-state index contributed by atoms with van der Waals surface area (Å²) in [6, 6.07) is 0.197. The Morgan fingerprint density at radius 1 is 1.44 bits per heavy atom. The lowest BCUT2D eigenvalue weighted by Crippen LogP contribution is -2.61. The van der Waals surface area contributed by atoms with E-state index in [1.807, 2.05) is 0 Å². The molecule has 16 heavy (non-hydrogen) atoms. The van der Waals surface area contributed by atoms with Crippen LogP contribution in [0, 0.1) is 11.8 Å². The molecule has 1 saturated heterocycles. The summed E-state index contributed by atoms with van der Waals surface area (Å²) in [7, 11) is 0. The van der Waals surface area contributed by atoms with E-state index in [9.17, 15) is 9.90 Å². The van der Waals surface area contributed by atoms with E-state index in [1.54, 1.807) is 0 Å². The first-order chi connectivity index (χ1) is 7.59. The maximum atomic E-state index is 11.1. The highest BCUT2D eigenvalue weighted by Gasteiger charge is 2.40. The van der Waals surface area contributed by atoms with Gasteiger partial charge < -0.3 is 10.4 Å². The van der Waals surface area contributed by atoms with Gasteiger partial charge in [-0.1, -0.05) is 13.8 Å². The van der Waals surface area contributed by atoms with Gasteiger partial charge in [-0.15, -0.1) is 0 Å². The summed E-state index contributed by atoms with van der Waals surface area (Å²) >= 11 is 0. The SMILES string of the molecule is CC(C)C1CC(N2CCNCC2C(=O)O)C1. The van der Waals surface area contributed by atoms with Crippen LogP contribution < -0.4 is 5.32 Å². The van der Waals surface area contributed by atoms with Crippen LogP contribution in [0.4, 0.5) is 0 Å². The molecule has 0 aromatic rings. The Hall–Kier alpha value is -0.610. The Balaban J connectivity index is 1.90. The predicted molar refractivity (Wildman–Crippen MR) is 62.3 cm³/mol. The Kier molecular flexibility index (Phi) is 3.50. The van der Waals surface area contributed by atoms with Crippen LogP contribution in [0.3, 0.4) is 0 Å². The van der Waals surface area contributed by atoms with Crippen LogP contribution in [0.5, 0.6) is 0 Å². The van der Waals surface area contributed by atoms with Gasteiger partial charge in [0.2, 0.25) is 0 Å². The highest BCUT2D eigenvalue weighted by molar-refractivity contribution is 5.74. The van der Waals surface area contributed by atoms with Crippen LogP contribution in [0.1, 0.15) is 26.7 Å². The number of piperazine rings is 1. The van der Waals surface area contributed by atoms with Crippen molar-refractivity contribution in [1.82, 2.24) is 10.2 Å². The molecule has 0 spiro atoms. The molecule has 1 atom stereocenters. The molecule has 1 aliphatic carbocycles. The van der Waals surface area contributed by atoms with Gasteiger partial charge >= 0.3 is 5.97 Å². The molecule has 2 rings (SSSR count). The first kappa shape index (κ1) is 11.9. The Morgan fingerprint density at radius 2 is 2.12 bits per heavy atom. The third-order valence-corrected chi connectivity index (χ3v) is 4.13. The molecule has 0 amide bonds. The van der Waals surface area contributed by atoms with Crippen molar-refractivity contribution in [3.63, 3.8) is 0 Å². The molecular formula is C12H22N2O2. The molecule has 4 nitrogen and oxygen atoms in total. The van der Waals surface area contributed by atoms with Crippen molar-refractivity contribution in [2.24, 2.45) is 11.8 Å². The highest BCUT2D eigenvalue weighted by Crippen LogP contribution is 2.37. The third kappa shape index (κ3) is 2.23. The predicted octanol–water partition coefficient (Wildman–Crippen LogP) is 0.779. The van der Waals surface area contributed by atoms with Crippen LogP contribution in [0.25, 0.3) is 0 Å². The summed E-state index contributed by atoms with van der Waals surface area (Å²) in [5, 5.41) is 12.3. The lowest BCUT2D eigenvalue weighted by Gasteiger charge is -2.48. The number of nitrogens with zero attached hydrogens (tertiary/aromatic N) is 1. The summed E-state index contributed by atoms with van der Waals surface area (Å²) in [6.45, 7) is 6.91. The van der Waals surface area contributed by atoms with E-state index in [-0.39, 0.29) is 6.04 Å². The van der Waals surface area contributed by atoms with Gasteiger partial charge in [-0.2, -0.15) is 0 Å². The Morgan fingerprint density at radius 3 is 2.69 bits per heavy atom. The standard InChI is InChI=1S/C12H22N2O2/c1-8(2)9-5-10(6-9)14-4-3-13-7-11(14)12(15)16/h8-11,13H,3-7H2,1-2H3,(H,15,16). The van der Waals surface area contributed by atoms with E-state index >= 15 is 0 Å². The fourth-order valence-corrected chi connectivity index (χ4v) is 2.83. The molecule has 0 aromatic carbocycles. The number of aliphatic carboxylic acids is 1. The fourth-order valence-electron chi connectivity index (χ4n) is 2.83.